The number of benzene rings is 1. The summed E-state index contributed by atoms with van der Waals surface area (Å²) >= 11 is 0. The minimum atomic E-state index is 0.207. The standard InChI is InChI=1S/C21H33N3O/c1-4-23(16(2)3)14-17-7-9-18(10-8-17)21(25)24(20-11-12-20)15-19-6-5-13-22-19/h7-10,16,19-20,22H,4-6,11-15H2,1-3H3. The Kier molecular flexibility index (Phi) is 6.13. The first-order valence-corrected chi connectivity index (χ1v) is 9.95. The van der Waals surface area contributed by atoms with E-state index in [1.165, 1.54) is 18.4 Å². The van der Waals surface area contributed by atoms with Crippen LogP contribution in [0.25, 0.3) is 0 Å². The Morgan fingerprint density at radius 1 is 1.20 bits per heavy atom. The number of nitrogens with one attached hydrogen (secondary N) is 1. The number of rotatable bonds is 8. The summed E-state index contributed by atoms with van der Waals surface area (Å²) < 4.78 is 0. The van der Waals surface area contributed by atoms with Crippen molar-refractivity contribution in [3.8, 4) is 0 Å². The minimum Gasteiger partial charge on any atom is -0.334 e. The van der Waals surface area contributed by atoms with E-state index in [0.29, 0.717) is 18.1 Å². The van der Waals surface area contributed by atoms with Crippen molar-refractivity contribution in [2.24, 2.45) is 0 Å². The highest BCUT2D eigenvalue weighted by Crippen LogP contribution is 2.29. The van der Waals surface area contributed by atoms with Crippen molar-refractivity contribution >= 4 is 5.91 Å². The Hall–Kier alpha value is -1.39. The summed E-state index contributed by atoms with van der Waals surface area (Å²) in [6.07, 6.45) is 4.75. The van der Waals surface area contributed by atoms with E-state index in [2.05, 4.69) is 48.0 Å². The molecule has 1 aromatic carbocycles. The Bertz CT molecular complexity index is 559. The van der Waals surface area contributed by atoms with Crippen LogP contribution in [0.1, 0.15) is 62.4 Å². The topological polar surface area (TPSA) is 35.6 Å². The van der Waals surface area contributed by atoms with Gasteiger partial charge < -0.3 is 10.2 Å². The predicted molar refractivity (Wildman–Crippen MR) is 103 cm³/mol. The van der Waals surface area contributed by atoms with Crippen LogP contribution in [0.5, 0.6) is 0 Å². The van der Waals surface area contributed by atoms with Crippen molar-refractivity contribution < 1.29 is 4.79 Å². The van der Waals surface area contributed by atoms with Gasteiger partial charge in [-0.2, -0.15) is 0 Å². The summed E-state index contributed by atoms with van der Waals surface area (Å²) in [4.78, 5) is 17.5. The maximum atomic E-state index is 13.0. The van der Waals surface area contributed by atoms with Crippen LogP contribution in [0.4, 0.5) is 0 Å². The van der Waals surface area contributed by atoms with E-state index in [9.17, 15) is 4.79 Å². The average Bonchev–Trinajstić information content (AvgIpc) is 3.33. The van der Waals surface area contributed by atoms with Gasteiger partial charge in [-0.3, -0.25) is 9.69 Å². The summed E-state index contributed by atoms with van der Waals surface area (Å²) in [6, 6.07) is 9.76. The van der Waals surface area contributed by atoms with Gasteiger partial charge in [0.05, 0.1) is 0 Å². The van der Waals surface area contributed by atoms with Crippen LogP contribution in [0.3, 0.4) is 0 Å². The number of hydrogen-bond donors (Lipinski definition) is 1. The molecule has 3 rings (SSSR count). The average molecular weight is 344 g/mol. The SMILES string of the molecule is CCN(Cc1ccc(C(=O)N(CC2CCCN2)C2CC2)cc1)C(C)C. The van der Waals surface area contributed by atoms with Gasteiger partial charge in [-0.25, -0.2) is 0 Å². The van der Waals surface area contributed by atoms with E-state index in [1.807, 2.05) is 12.1 Å². The molecule has 1 N–H and O–H groups in total. The molecule has 138 valence electrons. The first-order valence-electron chi connectivity index (χ1n) is 9.95. The van der Waals surface area contributed by atoms with E-state index < -0.39 is 0 Å². The highest BCUT2D eigenvalue weighted by molar-refractivity contribution is 5.94. The lowest BCUT2D eigenvalue weighted by Gasteiger charge is -2.26. The number of hydrogen-bond acceptors (Lipinski definition) is 3. The Morgan fingerprint density at radius 2 is 1.92 bits per heavy atom. The maximum absolute atomic E-state index is 13.0. The number of nitrogens with zero attached hydrogens (tertiary/aromatic N) is 2. The van der Waals surface area contributed by atoms with Gasteiger partial charge >= 0.3 is 0 Å². The van der Waals surface area contributed by atoms with Gasteiger partial charge in [-0.15, -0.1) is 0 Å². The van der Waals surface area contributed by atoms with Gasteiger partial charge in [0.15, 0.2) is 0 Å². The van der Waals surface area contributed by atoms with Gasteiger partial charge in [0, 0.05) is 36.8 Å². The first kappa shape index (κ1) is 18.4. The van der Waals surface area contributed by atoms with Gasteiger partial charge in [0.25, 0.3) is 5.91 Å². The van der Waals surface area contributed by atoms with E-state index in [4.69, 9.17) is 0 Å². The van der Waals surface area contributed by atoms with Crippen molar-refractivity contribution in [3.05, 3.63) is 35.4 Å². The Balaban J connectivity index is 1.64. The van der Waals surface area contributed by atoms with Crippen LogP contribution in [0.2, 0.25) is 0 Å². The minimum absolute atomic E-state index is 0.207. The van der Waals surface area contributed by atoms with Crippen LogP contribution in [-0.2, 0) is 6.54 Å². The molecule has 0 aromatic heterocycles. The van der Waals surface area contributed by atoms with Crippen LogP contribution in [-0.4, -0.2) is 53.5 Å². The van der Waals surface area contributed by atoms with E-state index in [-0.39, 0.29) is 5.91 Å². The van der Waals surface area contributed by atoms with Crippen molar-refractivity contribution in [2.75, 3.05) is 19.6 Å². The normalized spacial score (nSPS) is 20.4. The lowest BCUT2D eigenvalue weighted by atomic mass is 10.1. The molecule has 1 heterocycles. The highest BCUT2D eigenvalue weighted by atomic mass is 16.2. The highest BCUT2D eigenvalue weighted by Gasteiger charge is 2.34. The zero-order valence-corrected chi connectivity index (χ0v) is 16.0. The third-order valence-electron chi connectivity index (χ3n) is 5.55. The van der Waals surface area contributed by atoms with Crippen LogP contribution in [0, 0.1) is 0 Å². The molecule has 0 radical (unpaired) electrons. The third-order valence-corrected chi connectivity index (χ3v) is 5.55. The largest absolute Gasteiger partial charge is 0.334 e. The first-order chi connectivity index (χ1) is 12.1. The summed E-state index contributed by atoms with van der Waals surface area (Å²) in [5.41, 5.74) is 2.11. The maximum Gasteiger partial charge on any atom is 0.254 e. The number of carbonyl (C=O) groups is 1. The molecule has 0 bridgehead atoms. The molecule has 1 saturated carbocycles. The number of carbonyl (C=O) groups excluding carboxylic acids is 1. The number of amides is 1. The van der Waals surface area contributed by atoms with Crippen molar-refractivity contribution in [1.82, 2.24) is 15.1 Å². The molecule has 2 fully saturated rings. The monoisotopic (exact) mass is 343 g/mol. The molecule has 1 atom stereocenters. The van der Waals surface area contributed by atoms with Gasteiger partial charge in [0.1, 0.15) is 0 Å². The molecule has 2 aliphatic rings. The zero-order chi connectivity index (χ0) is 17.8. The van der Waals surface area contributed by atoms with Gasteiger partial charge in [-0.1, -0.05) is 19.1 Å². The third kappa shape index (κ3) is 4.83. The summed E-state index contributed by atoms with van der Waals surface area (Å²) in [7, 11) is 0. The summed E-state index contributed by atoms with van der Waals surface area (Å²) in [5.74, 6) is 0.207. The molecule has 1 aromatic rings. The fraction of sp³-hybridized carbons (Fsp3) is 0.667. The van der Waals surface area contributed by atoms with Crippen molar-refractivity contribution in [3.63, 3.8) is 0 Å². The molecule has 25 heavy (non-hydrogen) atoms. The molecule has 1 aliphatic heterocycles. The van der Waals surface area contributed by atoms with Gasteiger partial charge in [0.2, 0.25) is 0 Å². The fourth-order valence-corrected chi connectivity index (χ4v) is 3.75. The van der Waals surface area contributed by atoms with E-state index in [0.717, 1.165) is 44.6 Å². The second kappa shape index (κ2) is 8.33. The summed E-state index contributed by atoms with van der Waals surface area (Å²) in [5, 5.41) is 3.52. The molecule has 1 unspecified atom stereocenters. The zero-order valence-electron chi connectivity index (χ0n) is 16.0. The predicted octanol–water partition coefficient (Wildman–Crippen LogP) is 3.27. The van der Waals surface area contributed by atoms with Crippen LogP contribution in [0.15, 0.2) is 24.3 Å². The second-order valence-corrected chi connectivity index (χ2v) is 7.84. The molecular weight excluding hydrogens is 310 g/mol. The van der Waals surface area contributed by atoms with Gasteiger partial charge in [-0.05, 0) is 70.3 Å². The quantitative estimate of drug-likeness (QED) is 0.787. The van der Waals surface area contributed by atoms with Crippen LogP contribution < -0.4 is 5.32 Å². The molecule has 4 heteroatoms. The van der Waals surface area contributed by atoms with E-state index in [1.54, 1.807) is 0 Å². The van der Waals surface area contributed by atoms with Crippen molar-refractivity contribution in [2.45, 2.75) is 71.1 Å². The molecule has 0 spiro atoms. The second-order valence-electron chi connectivity index (χ2n) is 7.84. The van der Waals surface area contributed by atoms with Crippen molar-refractivity contribution in [1.29, 1.82) is 0 Å². The lowest BCUT2D eigenvalue weighted by Crippen LogP contribution is -2.42. The molecule has 1 aliphatic carbocycles. The summed E-state index contributed by atoms with van der Waals surface area (Å²) in [6.45, 7) is 10.6. The lowest BCUT2D eigenvalue weighted by molar-refractivity contribution is 0.0728. The Morgan fingerprint density at radius 3 is 2.44 bits per heavy atom. The molecule has 4 nitrogen and oxygen atoms in total. The van der Waals surface area contributed by atoms with Crippen LogP contribution >= 0.6 is 0 Å². The molecule has 1 saturated heterocycles. The Labute approximate surface area is 152 Å². The smallest absolute Gasteiger partial charge is 0.254 e. The molecular formula is C21H33N3O. The van der Waals surface area contributed by atoms with E-state index >= 15 is 0 Å². The fourth-order valence-electron chi connectivity index (χ4n) is 3.75. The molecule has 1 amide bonds.